The summed E-state index contributed by atoms with van der Waals surface area (Å²) < 4.78 is 13.1. The molecule has 1 N–H and O–H groups in total. The first-order valence-electron chi connectivity index (χ1n) is 1.12. The van der Waals surface area contributed by atoms with E-state index in [1.54, 1.807) is 0 Å². The monoisotopic (exact) mass is 438 g/mol. The van der Waals surface area contributed by atoms with Crippen LogP contribution in [0.2, 0.25) is 0 Å². The van der Waals surface area contributed by atoms with E-state index in [2.05, 4.69) is 41.8 Å². The van der Waals surface area contributed by atoms with Gasteiger partial charge in [-0.2, -0.15) is 0 Å². The molecular formula is CH4I2O3PY+. The van der Waals surface area contributed by atoms with Crippen molar-refractivity contribution < 1.29 is 46.7 Å². The first-order valence-corrected chi connectivity index (χ1v) is 8.53. The maximum atomic E-state index is 9.29. The first-order chi connectivity index (χ1) is 3.27. The Morgan fingerprint density at radius 3 is 1.75 bits per heavy atom. The maximum Gasteiger partial charge on any atom is 0.694 e. The molecule has 8 heavy (non-hydrogen) atoms. The molecule has 0 bridgehead atoms. The first kappa shape index (κ1) is 16.9. The van der Waals surface area contributed by atoms with Crippen LogP contribution in [0.3, 0.4) is 0 Å². The molecule has 3 nitrogen and oxygen atoms in total. The summed E-state index contributed by atoms with van der Waals surface area (Å²) in [6, 6.07) is 0. The average Bonchev–Trinajstić information content (AvgIpc) is 1.73. The van der Waals surface area contributed by atoms with Crippen molar-refractivity contribution in [2.75, 3.05) is 7.11 Å². The second-order valence-corrected chi connectivity index (χ2v) is 1.26. The Hall–Kier alpha value is 2.58. The summed E-state index contributed by atoms with van der Waals surface area (Å²) >= 11 is 4.24. The van der Waals surface area contributed by atoms with E-state index in [1.807, 2.05) is 0 Å². The molecule has 0 rings (SSSR count). The largest absolute Gasteiger partial charge is 0.694 e. The van der Waals surface area contributed by atoms with E-state index in [1.165, 1.54) is 7.11 Å². The van der Waals surface area contributed by atoms with Gasteiger partial charge in [0.1, 0.15) is 0 Å². The van der Waals surface area contributed by atoms with Crippen LogP contribution in [0.4, 0.5) is 0 Å². The predicted molar refractivity (Wildman–Crippen MR) is 44.9 cm³/mol. The van der Waals surface area contributed by atoms with Gasteiger partial charge in [-0.15, -0.1) is 9.42 Å². The van der Waals surface area contributed by atoms with Gasteiger partial charge < -0.3 is 0 Å². The van der Waals surface area contributed by atoms with E-state index in [0.717, 1.165) is 0 Å². The van der Waals surface area contributed by atoms with Gasteiger partial charge in [0, 0.05) is 74.5 Å². The number of rotatable bonds is 1. The van der Waals surface area contributed by atoms with Crippen LogP contribution in [0.25, 0.3) is 0 Å². The molecule has 0 aliphatic carbocycles. The van der Waals surface area contributed by atoms with Crippen molar-refractivity contribution in [2.24, 2.45) is 0 Å². The van der Waals surface area contributed by atoms with E-state index in [4.69, 9.17) is 4.89 Å². The summed E-state index contributed by atoms with van der Waals surface area (Å²) in [4.78, 5) is 7.65. The Bertz CT molecular complexity index is 52.5. The molecular weight excluding hydrogens is 434 g/mol. The van der Waals surface area contributed by atoms with Crippen LogP contribution in [0, 0.1) is 0 Å². The van der Waals surface area contributed by atoms with Crippen LogP contribution in [0.5, 0.6) is 0 Å². The minimum Gasteiger partial charge on any atom is -0.133 e. The summed E-state index contributed by atoms with van der Waals surface area (Å²) in [6.07, 6.45) is 0. The second kappa shape index (κ2) is 16.3. The zero-order chi connectivity index (χ0) is 6.28. The molecule has 0 saturated heterocycles. The molecule has 0 saturated carbocycles. The summed E-state index contributed by atoms with van der Waals surface area (Å²) in [7, 11) is -1.18. The van der Waals surface area contributed by atoms with Crippen molar-refractivity contribution in [1.29, 1.82) is 0 Å². The molecule has 0 aromatic rings. The quantitative estimate of drug-likeness (QED) is 0.504. The van der Waals surface area contributed by atoms with E-state index < -0.39 is 8.25 Å². The van der Waals surface area contributed by atoms with Gasteiger partial charge in [-0.05, 0) is 0 Å². The molecule has 0 aromatic heterocycles. The SMILES string of the molecule is CO[P+](=O)O.II.[Y]. The van der Waals surface area contributed by atoms with E-state index in [0.29, 0.717) is 0 Å². The molecule has 0 heterocycles. The summed E-state index contributed by atoms with van der Waals surface area (Å²) in [5.74, 6) is 0. The van der Waals surface area contributed by atoms with Gasteiger partial charge in [0.25, 0.3) is 0 Å². The standard InChI is InChI=1S/CH3O3P.I2.Y/c1-4-5(2)3;1-2;/h1H3;;/p+1. The van der Waals surface area contributed by atoms with Gasteiger partial charge in [-0.25, -0.2) is 0 Å². The van der Waals surface area contributed by atoms with Gasteiger partial charge >= 0.3 is 8.25 Å². The van der Waals surface area contributed by atoms with Gasteiger partial charge in [-0.1, -0.05) is 0 Å². The van der Waals surface area contributed by atoms with Crippen LogP contribution in [-0.2, 0) is 41.8 Å². The molecule has 47 valence electrons. The molecule has 1 atom stereocenters. The molecule has 0 amide bonds. The fourth-order valence-electron chi connectivity index (χ4n) is 0. The fraction of sp³-hybridized carbons (Fsp3) is 1.00. The third-order valence-electron chi connectivity index (χ3n) is 0.156. The van der Waals surface area contributed by atoms with Crippen molar-refractivity contribution >= 4 is 45.5 Å². The van der Waals surface area contributed by atoms with Crippen LogP contribution in [-0.4, -0.2) is 12.0 Å². The summed E-state index contributed by atoms with van der Waals surface area (Å²) in [5.41, 5.74) is 0. The van der Waals surface area contributed by atoms with Gasteiger partial charge in [0.05, 0.1) is 7.11 Å². The van der Waals surface area contributed by atoms with Gasteiger partial charge in [-0.3, -0.25) is 0 Å². The van der Waals surface area contributed by atoms with E-state index >= 15 is 0 Å². The molecule has 0 aliphatic rings. The number of hydrogen-bond acceptors (Lipinski definition) is 2. The smallest absolute Gasteiger partial charge is 0.133 e. The van der Waals surface area contributed by atoms with Crippen LogP contribution in [0.15, 0.2) is 0 Å². The molecule has 7 heteroatoms. The third kappa shape index (κ3) is 23.5. The number of hydrogen-bond donors (Lipinski definition) is 1. The van der Waals surface area contributed by atoms with Crippen molar-refractivity contribution in [3.63, 3.8) is 0 Å². The van der Waals surface area contributed by atoms with Crippen molar-refractivity contribution in [2.45, 2.75) is 0 Å². The summed E-state index contributed by atoms with van der Waals surface area (Å²) in [6.45, 7) is 0. The third-order valence-corrected chi connectivity index (χ3v) is 0.469. The minimum atomic E-state index is -2.35. The van der Waals surface area contributed by atoms with Crippen LogP contribution < -0.4 is 0 Å². The van der Waals surface area contributed by atoms with E-state index in [9.17, 15) is 4.57 Å². The molecule has 0 fully saturated rings. The van der Waals surface area contributed by atoms with Crippen molar-refractivity contribution in [3.8, 4) is 0 Å². The maximum absolute atomic E-state index is 9.29. The van der Waals surface area contributed by atoms with Crippen molar-refractivity contribution in [1.82, 2.24) is 0 Å². The van der Waals surface area contributed by atoms with Gasteiger partial charge in [0.2, 0.25) is 0 Å². The molecule has 0 aliphatic heterocycles. The zero-order valence-electron chi connectivity index (χ0n) is 4.04. The van der Waals surface area contributed by atoms with Gasteiger partial charge in [0.15, 0.2) is 0 Å². The number of halogens is 2. The average molecular weight is 438 g/mol. The normalized spacial score (nSPS) is 7.75. The molecule has 0 aromatic carbocycles. The van der Waals surface area contributed by atoms with E-state index in [-0.39, 0.29) is 32.7 Å². The fourth-order valence-corrected chi connectivity index (χ4v) is 0. The topological polar surface area (TPSA) is 46.5 Å². The Morgan fingerprint density at radius 1 is 1.62 bits per heavy atom. The minimum absolute atomic E-state index is 0. The van der Waals surface area contributed by atoms with Crippen molar-refractivity contribution in [3.05, 3.63) is 0 Å². The Morgan fingerprint density at radius 2 is 1.75 bits per heavy atom. The zero-order valence-corrected chi connectivity index (χ0v) is 12.1. The van der Waals surface area contributed by atoms with Crippen LogP contribution in [0.1, 0.15) is 0 Å². The second-order valence-electron chi connectivity index (χ2n) is 0.420. The molecule has 1 radical (unpaired) electrons. The Kier molecular flexibility index (Phi) is 34.4. The van der Waals surface area contributed by atoms with Crippen LogP contribution >= 0.6 is 45.5 Å². The Balaban J connectivity index is -0.0000000750. The predicted octanol–water partition coefficient (Wildman–Crippen LogP) is 2.05. The Labute approximate surface area is 97.5 Å². The summed E-state index contributed by atoms with van der Waals surface area (Å²) in [5, 5.41) is 0. The molecule has 0 spiro atoms. The molecule has 1 unspecified atom stereocenters.